The Labute approximate surface area is 90.5 Å². The number of nitro benzene ring substituents is 1. The van der Waals surface area contributed by atoms with E-state index in [1.54, 1.807) is 6.07 Å². The third-order valence-electron chi connectivity index (χ3n) is 1.95. The zero-order valence-corrected chi connectivity index (χ0v) is 8.87. The molecule has 0 bridgehead atoms. The zero-order chi connectivity index (χ0) is 10.8. The molecule has 80 valence electrons. The molecule has 0 spiro atoms. The molecule has 0 atom stereocenters. The highest BCUT2D eigenvalue weighted by atomic mass is 32.2. The fraction of sp³-hybridized carbons (Fsp3) is 0.333. The quantitative estimate of drug-likeness (QED) is 0.451. The maximum atomic E-state index is 10.8. The lowest BCUT2D eigenvalue weighted by molar-refractivity contribution is -0.387. The highest BCUT2D eigenvalue weighted by molar-refractivity contribution is 7.99. The molecule has 0 saturated carbocycles. The van der Waals surface area contributed by atoms with Crippen molar-refractivity contribution in [1.29, 1.82) is 0 Å². The summed E-state index contributed by atoms with van der Waals surface area (Å²) in [6.45, 7) is 2.08. The molecular formula is C9H9NO4S. The molecule has 0 fully saturated rings. The maximum Gasteiger partial charge on any atom is 0.286 e. The van der Waals surface area contributed by atoms with E-state index in [1.807, 2.05) is 6.92 Å². The summed E-state index contributed by atoms with van der Waals surface area (Å²) in [5.41, 5.74) is 0.0751. The Hall–Kier alpha value is -1.43. The molecule has 6 heteroatoms. The predicted octanol–water partition coefficient (Wildman–Crippen LogP) is 2.44. The number of rotatable bonds is 3. The minimum Gasteiger partial charge on any atom is -0.454 e. The normalized spacial score (nSPS) is 12.9. The minimum atomic E-state index is -0.403. The molecule has 1 aromatic rings. The van der Waals surface area contributed by atoms with Gasteiger partial charge in [-0.2, -0.15) is 0 Å². The molecule has 0 N–H and O–H groups in total. The molecule has 0 amide bonds. The van der Waals surface area contributed by atoms with Gasteiger partial charge >= 0.3 is 0 Å². The first-order valence-corrected chi connectivity index (χ1v) is 5.41. The number of hydrogen-bond donors (Lipinski definition) is 0. The first-order valence-electron chi connectivity index (χ1n) is 4.43. The highest BCUT2D eigenvalue weighted by Gasteiger charge is 2.23. The van der Waals surface area contributed by atoms with E-state index in [0.717, 1.165) is 5.75 Å². The lowest BCUT2D eigenvalue weighted by Crippen LogP contribution is -1.93. The van der Waals surface area contributed by atoms with Gasteiger partial charge in [0.25, 0.3) is 5.69 Å². The molecule has 0 aromatic heterocycles. The summed E-state index contributed by atoms with van der Waals surface area (Å²) >= 11 is 1.42. The molecule has 1 heterocycles. The van der Waals surface area contributed by atoms with E-state index in [9.17, 15) is 10.1 Å². The Morgan fingerprint density at radius 1 is 1.47 bits per heavy atom. The van der Waals surface area contributed by atoms with Gasteiger partial charge in [0, 0.05) is 6.07 Å². The maximum absolute atomic E-state index is 10.8. The monoisotopic (exact) mass is 227 g/mol. The number of fused-ring (bicyclic) bond motifs is 1. The van der Waals surface area contributed by atoms with Crippen LogP contribution in [0.4, 0.5) is 5.69 Å². The van der Waals surface area contributed by atoms with Gasteiger partial charge in [0.2, 0.25) is 6.79 Å². The summed E-state index contributed by atoms with van der Waals surface area (Å²) in [4.78, 5) is 11.0. The van der Waals surface area contributed by atoms with Crippen molar-refractivity contribution in [2.75, 3.05) is 12.5 Å². The van der Waals surface area contributed by atoms with Crippen molar-refractivity contribution in [2.24, 2.45) is 0 Å². The number of ether oxygens (including phenoxy) is 2. The van der Waals surface area contributed by atoms with Gasteiger partial charge in [0.05, 0.1) is 15.9 Å². The Morgan fingerprint density at radius 2 is 2.13 bits per heavy atom. The topological polar surface area (TPSA) is 61.6 Å². The SMILES string of the molecule is CCSc1cc2c(cc1[N+](=O)[O-])OCO2. The van der Waals surface area contributed by atoms with E-state index in [4.69, 9.17) is 9.47 Å². The fourth-order valence-corrected chi connectivity index (χ4v) is 2.11. The van der Waals surface area contributed by atoms with Crippen LogP contribution in [0.25, 0.3) is 0 Å². The molecule has 1 aromatic carbocycles. The third-order valence-corrected chi connectivity index (χ3v) is 2.88. The second-order valence-electron chi connectivity index (χ2n) is 2.86. The van der Waals surface area contributed by atoms with Crippen LogP contribution in [0.15, 0.2) is 17.0 Å². The van der Waals surface area contributed by atoms with Crippen LogP contribution in [-0.2, 0) is 0 Å². The largest absolute Gasteiger partial charge is 0.454 e. The average Bonchev–Trinajstić information content (AvgIpc) is 2.63. The lowest BCUT2D eigenvalue weighted by Gasteiger charge is -2.02. The second-order valence-corrected chi connectivity index (χ2v) is 4.17. The van der Waals surface area contributed by atoms with Gasteiger partial charge in [0.15, 0.2) is 11.5 Å². The van der Waals surface area contributed by atoms with Gasteiger partial charge in [-0.1, -0.05) is 6.92 Å². The van der Waals surface area contributed by atoms with Crippen molar-refractivity contribution in [3.63, 3.8) is 0 Å². The third kappa shape index (κ3) is 1.85. The van der Waals surface area contributed by atoms with Gasteiger partial charge in [-0.05, 0) is 5.75 Å². The number of thioether (sulfide) groups is 1. The molecular weight excluding hydrogens is 218 g/mol. The lowest BCUT2D eigenvalue weighted by atomic mass is 10.3. The van der Waals surface area contributed by atoms with E-state index in [0.29, 0.717) is 16.4 Å². The highest BCUT2D eigenvalue weighted by Crippen LogP contribution is 2.41. The molecule has 0 saturated heterocycles. The standard InChI is InChI=1S/C9H9NO4S/c1-2-15-9-4-8-7(13-5-14-8)3-6(9)10(11)12/h3-4H,2,5H2,1H3. The average molecular weight is 227 g/mol. The second kappa shape index (κ2) is 3.98. The molecule has 0 aliphatic carbocycles. The van der Waals surface area contributed by atoms with Gasteiger partial charge in [0.1, 0.15) is 0 Å². The van der Waals surface area contributed by atoms with Crippen LogP contribution in [0.3, 0.4) is 0 Å². The summed E-state index contributed by atoms with van der Waals surface area (Å²) in [6.07, 6.45) is 0. The summed E-state index contributed by atoms with van der Waals surface area (Å²) in [5.74, 6) is 1.80. The molecule has 5 nitrogen and oxygen atoms in total. The molecule has 1 aliphatic rings. The van der Waals surface area contributed by atoms with Gasteiger partial charge < -0.3 is 9.47 Å². The van der Waals surface area contributed by atoms with E-state index in [2.05, 4.69) is 0 Å². The van der Waals surface area contributed by atoms with E-state index < -0.39 is 4.92 Å². The van der Waals surface area contributed by atoms with Crippen LogP contribution in [0.2, 0.25) is 0 Å². The molecule has 1 aliphatic heterocycles. The Balaban J connectivity index is 2.47. The Bertz CT molecular complexity index is 407. The Kier molecular flexibility index (Phi) is 2.68. The van der Waals surface area contributed by atoms with E-state index in [-0.39, 0.29) is 12.5 Å². The van der Waals surface area contributed by atoms with Crippen molar-refractivity contribution in [3.05, 3.63) is 22.2 Å². The van der Waals surface area contributed by atoms with Crippen molar-refractivity contribution >= 4 is 17.4 Å². The van der Waals surface area contributed by atoms with Crippen molar-refractivity contribution in [2.45, 2.75) is 11.8 Å². The number of nitro groups is 1. The predicted molar refractivity (Wildman–Crippen MR) is 55.6 cm³/mol. The number of hydrogen-bond acceptors (Lipinski definition) is 5. The fourth-order valence-electron chi connectivity index (χ4n) is 1.33. The smallest absolute Gasteiger partial charge is 0.286 e. The zero-order valence-electron chi connectivity index (χ0n) is 8.06. The summed E-state index contributed by atoms with van der Waals surface area (Å²) in [6, 6.07) is 3.08. The molecule has 0 radical (unpaired) electrons. The summed E-state index contributed by atoms with van der Waals surface area (Å²) in [5, 5.41) is 10.8. The minimum absolute atomic E-state index is 0.0751. The van der Waals surface area contributed by atoms with Gasteiger partial charge in [-0.15, -0.1) is 11.8 Å². The summed E-state index contributed by atoms with van der Waals surface area (Å²) < 4.78 is 10.2. The summed E-state index contributed by atoms with van der Waals surface area (Å²) in [7, 11) is 0. The van der Waals surface area contributed by atoms with Crippen molar-refractivity contribution < 1.29 is 14.4 Å². The van der Waals surface area contributed by atoms with Crippen LogP contribution >= 0.6 is 11.8 Å². The van der Waals surface area contributed by atoms with Crippen LogP contribution in [0.1, 0.15) is 6.92 Å². The van der Waals surface area contributed by atoms with Crippen LogP contribution in [-0.4, -0.2) is 17.5 Å². The van der Waals surface area contributed by atoms with Gasteiger partial charge in [-0.3, -0.25) is 10.1 Å². The first kappa shape index (κ1) is 10.1. The molecule has 0 unspecified atom stereocenters. The van der Waals surface area contributed by atoms with Crippen LogP contribution in [0, 0.1) is 10.1 Å². The van der Waals surface area contributed by atoms with E-state index >= 15 is 0 Å². The number of benzene rings is 1. The van der Waals surface area contributed by atoms with Crippen molar-refractivity contribution in [3.8, 4) is 11.5 Å². The van der Waals surface area contributed by atoms with E-state index in [1.165, 1.54) is 17.8 Å². The Morgan fingerprint density at radius 3 is 2.73 bits per heavy atom. The van der Waals surface area contributed by atoms with Crippen LogP contribution < -0.4 is 9.47 Å². The van der Waals surface area contributed by atoms with Gasteiger partial charge in [-0.25, -0.2) is 0 Å². The number of nitrogens with zero attached hydrogens (tertiary/aromatic N) is 1. The molecule has 2 rings (SSSR count). The van der Waals surface area contributed by atoms with Crippen LogP contribution in [0.5, 0.6) is 11.5 Å². The molecule has 15 heavy (non-hydrogen) atoms. The first-order chi connectivity index (χ1) is 7.22. The van der Waals surface area contributed by atoms with Crippen molar-refractivity contribution in [1.82, 2.24) is 0 Å².